The zero-order valence-corrected chi connectivity index (χ0v) is 12.5. The maximum atomic E-state index is 12.0. The monoisotopic (exact) mass is 344 g/mol. The molecule has 1 saturated heterocycles. The predicted molar refractivity (Wildman–Crippen MR) is 75.2 cm³/mol. The number of halogens is 1. The molecule has 19 heavy (non-hydrogen) atoms. The number of hydrogen-bond donors (Lipinski definition) is 1. The molecule has 0 spiro atoms. The van der Waals surface area contributed by atoms with Crippen molar-refractivity contribution in [2.45, 2.75) is 18.9 Å². The summed E-state index contributed by atoms with van der Waals surface area (Å²) in [7, 11) is -3.51. The number of nitrogens with zero attached hydrogens (tertiary/aromatic N) is 1. The Kier molecular flexibility index (Phi) is 4.45. The summed E-state index contributed by atoms with van der Waals surface area (Å²) in [5.74, 6) is -0.0790. The van der Waals surface area contributed by atoms with E-state index in [2.05, 4.69) is 20.7 Å². The van der Waals surface area contributed by atoms with Gasteiger partial charge in [-0.05, 0) is 31.0 Å². The number of ether oxygens (including phenoxy) is 1. The average molecular weight is 345 g/mol. The summed E-state index contributed by atoms with van der Waals surface area (Å²) in [6, 6.07) is 6.79. The molecule has 0 amide bonds. The highest BCUT2D eigenvalue weighted by Gasteiger charge is 2.23. The molecule has 1 unspecified atom stereocenters. The quantitative estimate of drug-likeness (QED) is 0.908. The lowest BCUT2D eigenvalue weighted by Gasteiger charge is -2.13. The number of anilines is 1. The van der Waals surface area contributed by atoms with Gasteiger partial charge in [0, 0.05) is 11.1 Å². The van der Waals surface area contributed by atoms with E-state index in [9.17, 15) is 8.42 Å². The Labute approximate surface area is 120 Å². The van der Waals surface area contributed by atoms with Crippen LogP contribution in [-0.2, 0) is 14.8 Å². The third-order valence-corrected chi connectivity index (χ3v) is 4.63. The largest absolute Gasteiger partial charge is 0.377 e. The highest BCUT2D eigenvalue weighted by Crippen LogP contribution is 2.23. The second kappa shape index (κ2) is 5.90. The first-order chi connectivity index (χ1) is 9.00. The van der Waals surface area contributed by atoms with Crippen LogP contribution < -0.4 is 4.72 Å². The Morgan fingerprint density at radius 3 is 2.95 bits per heavy atom. The van der Waals surface area contributed by atoms with E-state index in [1.54, 1.807) is 18.2 Å². The standard InChI is InChI=1S/C12H13BrN2O3S/c13-10-4-3-9(7-14)12(6-10)15-19(16,17)8-11-2-1-5-18-11/h3-4,6,11,15H,1-2,5,8H2. The minimum absolute atomic E-state index is 0.0790. The fourth-order valence-corrected chi connectivity index (χ4v) is 3.63. The van der Waals surface area contributed by atoms with Crippen LogP contribution >= 0.6 is 15.9 Å². The van der Waals surface area contributed by atoms with Crippen molar-refractivity contribution < 1.29 is 13.2 Å². The molecule has 1 aliphatic rings. The van der Waals surface area contributed by atoms with Crippen LogP contribution in [0.25, 0.3) is 0 Å². The number of sulfonamides is 1. The van der Waals surface area contributed by atoms with Crippen molar-refractivity contribution in [2.24, 2.45) is 0 Å². The summed E-state index contributed by atoms with van der Waals surface area (Å²) < 4.78 is 32.5. The van der Waals surface area contributed by atoms with Gasteiger partial charge in [0.25, 0.3) is 0 Å². The van der Waals surface area contributed by atoms with Gasteiger partial charge in [0.05, 0.1) is 23.1 Å². The first-order valence-electron chi connectivity index (χ1n) is 5.82. The van der Waals surface area contributed by atoms with Crippen molar-refractivity contribution in [2.75, 3.05) is 17.1 Å². The summed E-state index contributed by atoms with van der Waals surface area (Å²) in [4.78, 5) is 0. The second-order valence-electron chi connectivity index (χ2n) is 4.32. The van der Waals surface area contributed by atoms with E-state index < -0.39 is 10.0 Å². The van der Waals surface area contributed by atoms with Crippen molar-refractivity contribution in [1.29, 1.82) is 5.26 Å². The van der Waals surface area contributed by atoms with E-state index in [4.69, 9.17) is 10.00 Å². The van der Waals surface area contributed by atoms with Gasteiger partial charge in [-0.3, -0.25) is 4.72 Å². The molecule has 0 aliphatic carbocycles. The highest BCUT2D eigenvalue weighted by atomic mass is 79.9. The number of benzene rings is 1. The minimum Gasteiger partial charge on any atom is -0.377 e. The summed E-state index contributed by atoms with van der Waals surface area (Å²) in [5.41, 5.74) is 0.578. The molecule has 1 heterocycles. The minimum atomic E-state index is -3.51. The van der Waals surface area contributed by atoms with E-state index >= 15 is 0 Å². The molecule has 5 nitrogen and oxygen atoms in total. The number of rotatable bonds is 4. The first-order valence-corrected chi connectivity index (χ1v) is 8.26. The summed E-state index contributed by atoms with van der Waals surface area (Å²) in [5, 5.41) is 8.97. The van der Waals surface area contributed by atoms with E-state index in [-0.39, 0.29) is 17.5 Å². The van der Waals surface area contributed by atoms with Gasteiger partial charge in [-0.1, -0.05) is 15.9 Å². The first kappa shape index (κ1) is 14.3. The Balaban J connectivity index is 2.15. The molecule has 0 saturated carbocycles. The Morgan fingerprint density at radius 1 is 1.53 bits per heavy atom. The van der Waals surface area contributed by atoms with Crippen molar-refractivity contribution in [3.8, 4) is 6.07 Å². The second-order valence-corrected chi connectivity index (χ2v) is 7.00. The third kappa shape index (κ3) is 3.93. The van der Waals surface area contributed by atoms with Crippen LogP contribution in [0, 0.1) is 11.3 Å². The summed E-state index contributed by atoms with van der Waals surface area (Å²) >= 11 is 3.25. The average Bonchev–Trinajstić information content (AvgIpc) is 2.80. The lowest BCUT2D eigenvalue weighted by atomic mass is 10.2. The normalized spacial score (nSPS) is 19.1. The zero-order valence-electron chi connectivity index (χ0n) is 10.1. The van der Waals surface area contributed by atoms with E-state index in [0.29, 0.717) is 16.6 Å². The SMILES string of the molecule is N#Cc1ccc(Br)cc1NS(=O)(=O)CC1CCCO1. The van der Waals surface area contributed by atoms with Gasteiger partial charge < -0.3 is 4.74 Å². The van der Waals surface area contributed by atoms with Crippen molar-refractivity contribution in [1.82, 2.24) is 0 Å². The molecule has 1 aromatic rings. The molecule has 0 aromatic heterocycles. The molecule has 0 bridgehead atoms. The molecule has 7 heteroatoms. The Morgan fingerprint density at radius 2 is 2.32 bits per heavy atom. The van der Waals surface area contributed by atoms with Crippen LogP contribution in [-0.4, -0.2) is 26.9 Å². The predicted octanol–water partition coefficient (Wildman–Crippen LogP) is 2.24. The third-order valence-electron chi connectivity index (χ3n) is 2.80. The molecule has 1 atom stereocenters. The highest BCUT2D eigenvalue weighted by molar-refractivity contribution is 9.10. The van der Waals surface area contributed by atoms with Crippen LogP contribution in [0.4, 0.5) is 5.69 Å². The Bertz CT molecular complexity index is 604. The topological polar surface area (TPSA) is 79.2 Å². The maximum Gasteiger partial charge on any atom is 0.235 e. The summed E-state index contributed by atoms with van der Waals surface area (Å²) in [6.07, 6.45) is 1.39. The molecule has 1 fully saturated rings. The van der Waals surface area contributed by atoms with Gasteiger partial charge in [0.15, 0.2) is 0 Å². The molecular formula is C12H13BrN2O3S. The van der Waals surface area contributed by atoms with Crippen LogP contribution in [0.1, 0.15) is 18.4 Å². The van der Waals surface area contributed by atoms with Crippen molar-refractivity contribution in [3.63, 3.8) is 0 Å². The zero-order chi connectivity index (χ0) is 13.9. The maximum absolute atomic E-state index is 12.0. The van der Waals surface area contributed by atoms with Gasteiger partial charge in [0.2, 0.25) is 10.0 Å². The van der Waals surface area contributed by atoms with Gasteiger partial charge in [-0.15, -0.1) is 0 Å². The van der Waals surface area contributed by atoms with Gasteiger partial charge in [-0.25, -0.2) is 8.42 Å². The van der Waals surface area contributed by atoms with Crippen LogP contribution in [0.5, 0.6) is 0 Å². The molecule has 1 aromatic carbocycles. The number of hydrogen-bond acceptors (Lipinski definition) is 4. The van der Waals surface area contributed by atoms with Gasteiger partial charge in [-0.2, -0.15) is 5.26 Å². The van der Waals surface area contributed by atoms with Crippen LogP contribution in [0.3, 0.4) is 0 Å². The van der Waals surface area contributed by atoms with E-state index in [1.807, 2.05) is 6.07 Å². The van der Waals surface area contributed by atoms with Crippen LogP contribution in [0.2, 0.25) is 0 Å². The number of nitrogens with one attached hydrogen (secondary N) is 1. The molecular weight excluding hydrogens is 332 g/mol. The van der Waals surface area contributed by atoms with Gasteiger partial charge in [0.1, 0.15) is 6.07 Å². The fourth-order valence-electron chi connectivity index (χ4n) is 1.93. The van der Waals surface area contributed by atoms with Crippen molar-refractivity contribution in [3.05, 3.63) is 28.2 Å². The molecule has 1 N–H and O–H groups in total. The van der Waals surface area contributed by atoms with E-state index in [1.165, 1.54) is 0 Å². The lowest BCUT2D eigenvalue weighted by molar-refractivity contribution is 0.127. The van der Waals surface area contributed by atoms with Crippen LogP contribution in [0.15, 0.2) is 22.7 Å². The van der Waals surface area contributed by atoms with Gasteiger partial charge >= 0.3 is 0 Å². The lowest BCUT2D eigenvalue weighted by Crippen LogP contribution is -2.26. The Hall–Kier alpha value is -1.10. The van der Waals surface area contributed by atoms with E-state index in [0.717, 1.165) is 12.8 Å². The smallest absolute Gasteiger partial charge is 0.235 e. The number of nitriles is 1. The molecule has 0 radical (unpaired) electrons. The fraction of sp³-hybridized carbons (Fsp3) is 0.417. The molecule has 2 rings (SSSR count). The molecule has 1 aliphatic heterocycles. The van der Waals surface area contributed by atoms with Crippen molar-refractivity contribution >= 4 is 31.6 Å². The molecule has 102 valence electrons. The summed E-state index contributed by atoms with van der Waals surface area (Å²) in [6.45, 7) is 0.612.